The van der Waals surface area contributed by atoms with Crippen LogP contribution >= 0.6 is 0 Å². The Bertz CT molecular complexity index is 1400. The maximum Gasteiger partial charge on any atom is 0.220 e. The molecule has 1 rings (SSSR count). The van der Waals surface area contributed by atoms with Crippen molar-refractivity contribution in [2.24, 2.45) is 0 Å². The van der Waals surface area contributed by atoms with Crippen LogP contribution in [0.25, 0.3) is 0 Å². The molecule has 1 aliphatic rings. The van der Waals surface area contributed by atoms with Crippen LogP contribution in [-0.4, -0.2) is 87.5 Å². The van der Waals surface area contributed by atoms with Gasteiger partial charge in [-0.3, -0.25) is 4.79 Å². The number of unbranched alkanes of at least 4 members (excludes halogenated alkanes) is 39. The molecule has 1 aliphatic heterocycles. The third-order valence-corrected chi connectivity index (χ3v) is 15.6. The van der Waals surface area contributed by atoms with Gasteiger partial charge in [0.15, 0.2) is 6.29 Å². The number of allylic oxidation sites excluding steroid dienone is 9. The highest BCUT2D eigenvalue weighted by molar-refractivity contribution is 5.76. The van der Waals surface area contributed by atoms with Gasteiger partial charge >= 0.3 is 0 Å². The highest BCUT2D eigenvalue weighted by Crippen LogP contribution is 2.23. The molecule has 1 fully saturated rings. The van der Waals surface area contributed by atoms with Crippen LogP contribution < -0.4 is 5.32 Å². The van der Waals surface area contributed by atoms with E-state index in [1.54, 1.807) is 6.08 Å². The minimum atomic E-state index is -1.57. The van der Waals surface area contributed by atoms with Crippen LogP contribution in [0.1, 0.15) is 309 Å². The van der Waals surface area contributed by atoms with Gasteiger partial charge in [0, 0.05) is 6.42 Å². The average Bonchev–Trinajstić information content (AvgIpc) is 3.43. The first-order chi connectivity index (χ1) is 37.8. The van der Waals surface area contributed by atoms with Gasteiger partial charge < -0.3 is 40.3 Å². The molecule has 0 aliphatic carbocycles. The summed E-state index contributed by atoms with van der Waals surface area (Å²) < 4.78 is 11.3. The van der Waals surface area contributed by atoms with Gasteiger partial charge in [0.05, 0.1) is 25.4 Å². The first-order valence-electron chi connectivity index (χ1n) is 33.0. The number of carbonyl (C=O) groups excluding carboxylic acids is 1. The predicted octanol–water partition coefficient (Wildman–Crippen LogP) is 17.4. The van der Waals surface area contributed by atoms with Crippen molar-refractivity contribution in [1.29, 1.82) is 0 Å². The quantitative estimate of drug-likeness (QED) is 0.0261. The predicted molar refractivity (Wildman–Crippen MR) is 327 cm³/mol. The largest absolute Gasteiger partial charge is 0.394 e. The van der Waals surface area contributed by atoms with Crippen LogP contribution in [0.5, 0.6) is 0 Å². The van der Waals surface area contributed by atoms with Gasteiger partial charge in [-0.15, -0.1) is 0 Å². The molecule has 6 N–H and O–H groups in total. The van der Waals surface area contributed by atoms with Gasteiger partial charge in [-0.25, -0.2) is 0 Å². The molecule has 1 heterocycles. The molecular formula is C68H125NO8. The molecule has 1 amide bonds. The number of hydrogen-bond donors (Lipinski definition) is 6. The number of ether oxygens (including phenoxy) is 2. The van der Waals surface area contributed by atoms with Gasteiger partial charge in [0.2, 0.25) is 5.91 Å². The number of aliphatic hydroxyl groups is 5. The molecular weight excluding hydrogens is 959 g/mol. The van der Waals surface area contributed by atoms with Crippen LogP contribution in [0.4, 0.5) is 0 Å². The molecule has 0 spiro atoms. The smallest absolute Gasteiger partial charge is 0.220 e. The Balaban J connectivity index is 2.15. The van der Waals surface area contributed by atoms with Crippen LogP contribution in [-0.2, 0) is 14.3 Å². The third kappa shape index (κ3) is 46.2. The van der Waals surface area contributed by atoms with Crippen molar-refractivity contribution in [2.75, 3.05) is 13.2 Å². The number of aliphatic hydroxyl groups excluding tert-OH is 5. The van der Waals surface area contributed by atoms with Crippen LogP contribution in [0.15, 0.2) is 60.8 Å². The summed E-state index contributed by atoms with van der Waals surface area (Å²) in [5.74, 6) is -0.183. The maximum atomic E-state index is 13.1. The molecule has 7 unspecified atom stereocenters. The summed E-state index contributed by atoms with van der Waals surface area (Å²) in [7, 11) is 0. The molecule has 450 valence electrons. The molecule has 0 saturated carbocycles. The van der Waals surface area contributed by atoms with E-state index in [1.807, 2.05) is 6.08 Å². The molecule has 9 heteroatoms. The Labute approximate surface area is 475 Å². The second kappa shape index (κ2) is 57.1. The van der Waals surface area contributed by atoms with E-state index in [0.717, 1.165) is 51.4 Å². The van der Waals surface area contributed by atoms with Crippen molar-refractivity contribution in [1.82, 2.24) is 5.32 Å². The number of nitrogens with one attached hydrogen (secondary N) is 1. The number of hydrogen-bond acceptors (Lipinski definition) is 8. The van der Waals surface area contributed by atoms with E-state index in [1.165, 1.54) is 238 Å². The third-order valence-electron chi connectivity index (χ3n) is 15.6. The maximum absolute atomic E-state index is 13.1. The van der Waals surface area contributed by atoms with E-state index in [0.29, 0.717) is 6.42 Å². The topological polar surface area (TPSA) is 149 Å². The van der Waals surface area contributed by atoms with Crippen molar-refractivity contribution >= 4 is 5.91 Å². The normalized spacial score (nSPS) is 19.1. The van der Waals surface area contributed by atoms with Crippen molar-refractivity contribution < 1.29 is 39.8 Å². The fraction of sp³-hybridized carbons (Fsp3) is 0.838. The summed E-state index contributed by atoms with van der Waals surface area (Å²) in [6.07, 6.45) is 71.7. The van der Waals surface area contributed by atoms with Crippen molar-refractivity contribution in [2.45, 2.75) is 352 Å². The zero-order valence-electron chi connectivity index (χ0n) is 50.2. The lowest BCUT2D eigenvalue weighted by Gasteiger charge is -2.40. The molecule has 0 aromatic carbocycles. The fourth-order valence-electron chi connectivity index (χ4n) is 10.4. The molecule has 0 aromatic heterocycles. The van der Waals surface area contributed by atoms with E-state index in [9.17, 15) is 30.3 Å². The zero-order chi connectivity index (χ0) is 55.8. The Kier molecular flexibility index (Phi) is 54.1. The molecule has 0 bridgehead atoms. The van der Waals surface area contributed by atoms with E-state index < -0.39 is 49.5 Å². The zero-order valence-corrected chi connectivity index (χ0v) is 50.2. The molecule has 1 saturated heterocycles. The monoisotopic (exact) mass is 1080 g/mol. The van der Waals surface area contributed by atoms with Crippen molar-refractivity contribution in [3.8, 4) is 0 Å². The van der Waals surface area contributed by atoms with Gasteiger partial charge in [-0.1, -0.05) is 293 Å². The molecule has 0 aromatic rings. The Morgan fingerprint density at radius 3 is 1.18 bits per heavy atom. The van der Waals surface area contributed by atoms with Gasteiger partial charge in [-0.05, 0) is 70.6 Å². The lowest BCUT2D eigenvalue weighted by Crippen LogP contribution is -2.60. The van der Waals surface area contributed by atoms with E-state index in [-0.39, 0.29) is 12.5 Å². The van der Waals surface area contributed by atoms with Gasteiger partial charge in [0.1, 0.15) is 24.4 Å². The second-order valence-corrected chi connectivity index (χ2v) is 22.9. The highest BCUT2D eigenvalue weighted by Gasteiger charge is 2.44. The molecule has 77 heavy (non-hydrogen) atoms. The first kappa shape index (κ1) is 72.9. The minimum Gasteiger partial charge on any atom is -0.394 e. The number of rotatable bonds is 57. The molecule has 0 radical (unpaired) electrons. The van der Waals surface area contributed by atoms with Crippen LogP contribution in [0.2, 0.25) is 0 Å². The SMILES string of the molecule is CCCCCCC/C=C\C/C=C\C/C=C\CCCCCCCCCCCCCCCCCCCCC(=O)NC(COC1OC(CO)C(O)C(O)C1O)C(O)/C=C/CC/C=C/CCCCCCCCCCCCCCCCC. The summed E-state index contributed by atoms with van der Waals surface area (Å²) in [6, 6.07) is -0.824. The summed E-state index contributed by atoms with van der Waals surface area (Å²) in [5, 5.41) is 54.6. The Hall–Kier alpha value is -2.11. The number of amides is 1. The van der Waals surface area contributed by atoms with Gasteiger partial charge in [-0.2, -0.15) is 0 Å². The average molecular weight is 1080 g/mol. The van der Waals surface area contributed by atoms with E-state index >= 15 is 0 Å². The summed E-state index contributed by atoms with van der Waals surface area (Å²) >= 11 is 0. The highest BCUT2D eigenvalue weighted by atomic mass is 16.7. The van der Waals surface area contributed by atoms with Crippen LogP contribution in [0.3, 0.4) is 0 Å². The summed E-state index contributed by atoms with van der Waals surface area (Å²) in [5.41, 5.74) is 0. The summed E-state index contributed by atoms with van der Waals surface area (Å²) in [6.45, 7) is 3.78. The van der Waals surface area contributed by atoms with Crippen LogP contribution in [0, 0.1) is 0 Å². The standard InChI is InChI=1S/C68H125NO8/c1-3-5-7-9-11-13-15-17-19-21-23-25-26-27-28-29-30-31-32-33-34-35-36-38-40-42-44-46-48-50-52-54-56-58-64(72)69-61(60-76-68-67(75)66(74)65(73)63(59-70)77-68)62(71)57-55-53-51-49-47-45-43-41-39-37-24-22-20-18-16-14-12-10-8-6-4-2/h15,17,21,23,26-27,47,49,55,57,61-63,65-68,70-71,73-75H,3-14,16,18-20,22,24-25,28-46,48,50-54,56,58-60H2,1-2H3,(H,69,72)/b17-15-,23-21-,27-26-,49-47+,57-55+. The molecule has 7 atom stereocenters. The van der Waals surface area contributed by atoms with Crippen molar-refractivity contribution in [3.05, 3.63) is 60.8 Å². The lowest BCUT2D eigenvalue weighted by molar-refractivity contribution is -0.302. The minimum absolute atomic E-state index is 0.183. The molecule has 9 nitrogen and oxygen atoms in total. The first-order valence-corrected chi connectivity index (χ1v) is 33.0. The number of carbonyl (C=O) groups is 1. The summed E-state index contributed by atoms with van der Waals surface area (Å²) in [4.78, 5) is 13.1. The van der Waals surface area contributed by atoms with Gasteiger partial charge in [0.25, 0.3) is 0 Å². The van der Waals surface area contributed by atoms with Crippen molar-refractivity contribution in [3.63, 3.8) is 0 Å². The van der Waals surface area contributed by atoms with E-state index in [4.69, 9.17) is 9.47 Å². The Morgan fingerprint density at radius 1 is 0.442 bits per heavy atom. The fourth-order valence-corrected chi connectivity index (χ4v) is 10.4. The lowest BCUT2D eigenvalue weighted by atomic mass is 9.99. The van der Waals surface area contributed by atoms with E-state index in [2.05, 4.69) is 67.8 Å². The second-order valence-electron chi connectivity index (χ2n) is 22.9. The Morgan fingerprint density at radius 2 is 0.779 bits per heavy atom.